The zero-order valence-electron chi connectivity index (χ0n) is 9.23. The molecule has 1 atom stereocenters. The lowest BCUT2D eigenvalue weighted by atomic mass is 10.0. The van der Waals surface area contributed by atoms with E-state index in [2.05, 4.69) is 5.32 Å². The van der Waals surface area contributed by atoms with Crippen molar-refractivity contribution < 1.29 is 14.6 Å². The van der Waals surface area contributed by atoms with E-state index in [1.807, 2.05) is 19.1 Å². The average Bonchev–Trinajstić information content (AvgIpc) is 2.79. The van der Waals surface area contributed by atoms with E-state index in [1.54, 1.807) is 13.2 Å². The third kappa shape index (κ3) is 3.06. The molecule has 1 rings (SSSR count). The molecule has 0 aliphatic rings. The maximum absolute atomic E-state index is 9.17. The smallest absolute Gasteiger partial charge is 0.120 e. The van der Waals surface area contributed by atoms with Crippen molar-refractivity contribution in [2.24, 2.45) is 0 Å². The molecule has 0 bridgehead atoms. The van der Waals surface area contributed by atoms with Crippen molar-refractivity contribution in [3.8, 4) is 0 Å². The lowest BCUT2D eigenvalue weighted by Crippen LogP contribution is -2.50. The first-order valence-electron chi connectivity index (χ1n) is 5.18. The van der Waals surface area contributed by atoms with Gasteiger partial charge in [-0.25, -0.2) is 0 Å². The topological polar surface area (TPSA) is 65.6 Å². The standard InChI is InChI=1S/C11H19NO3/c1-3-9(10-5-4-6-15-10)12-11(2,7-13)8-14/h4-6,9,12-14H,3,7-8H2,1-2H3. The number of aliphatic hydroxyl groups excluding tert-OH is 2. The van der Waals surface area contributed by atoms with Crippen LogP contribution in [0.25, 0.3) is 0 Å². The lowest BCUT2D eigenvalue weighted by Gasteiger charge is -2.30. The molecule has 1 unspecified atom stereocenters. The maximum atomic E-state index is 9.17. The van der Waals surface area contributed by atoms with E-state index in [9.17, 15) is 10.2 Å². The zero-order chi connectivity index (χ0) is 11.3. The summed E-state index contributed by atoms with van der Waals surface area (Å²) in [6.07, 6.45) is 2.46. The van der Waals surface area contributed by atoms with Crippen molar-refractivity contribution in [1.29, 1.82) is 0 Å². The van der Waals surface area contributed by atoms with Crippen molar-refractivity contribution in [2.75, 3.05) is 13.2 Å². The normalized spacial score (nSPS) is 14.1. The maximum Gasteiger partial charge on any atom is 0.120 e. The Labute approximate surface area is 89.9 Å². The van der Waals surface area contributed by atoms with Gasteiger partial charge in [0, 0.05) is 0 Å². The fourth-order valence-corrected chi connectivity index (χ4v) is 1.43. The number of nitrogens with one attached hydrogen (secondary N) is 1. The van der Waals surface area contributed by atoms with Crippen LogP contribution >= 0.6 is 0 Å². The molecule has 0 aromatic carbocycles. The Bertz CT molecular complexity index is 267. The van der Waals surface area contributed by atoms with E-state index in [0.717, 1.165) is 12.2 Å². The van der Waals surface area contributed by atoms with Gasteiger partial charge in [-0.15, -0.1) is 0 Å². The van der Waals surface area contributed by atoms with E-state index < -0.39 is 5.54 Å². The van der Waals surface area contributed by atoms with Crippen LogP contribution in [0.4, 0.5) is 0 Å². The van der Waals surface area contributed by atoms with Crippen molar-refractivity contribution in [3.05, 3.63) is 24.2 Å². The number of hydrogen-bond acceptors (Lipinski definition) is 4. The fourth-order valence-electron chi connectivity index (χ4n) is 1.43. The van der Waals surface area contributed by atoms with Crippen LogP contribution in [0.5, 0.6) is 0 Å². The molecule has 0 saturated heterocycles. The molecule has 4 heteroatoms. The van der Waals surface area contributed by atoms with E-state index in [-0.39, 0.29) is 19.3 Å². The van der Waals surface area contributed by atoms with Crippen LogP contribution in [0.2, 0.25) is 0 Å². The molecule has 1 aromatic heterocycles. The average molecular weight is 213 g/mol. The molecule has 0 amide bonds. The first-order valence-corrected chi connectivity index (χ1v) is 5.18. The Morgan fingerprint density at radius 3 is 2.53 bits per heavy atom. The third-order valence-electron chi connectivity index (χ3n) is 2.52. The molecule has 0 spiro atoms. The van der Waals surface area contributed by atoms with Gasteiger partial charge in [0.1, 0.15) is 5.76 Å². The van der Waals surface area contributed by atoms with Gasteiger partial charge in [-0.05, 0) is 25.5 Å². The van der Waals surface area contributed by atoms with Crippen LogP contribution in [-0.2, 0) is 0 Å². The molecular formula is C11H19NO3. The largest absolute Gasteiger partial charge is 0.468 e. The Morgan fingerprint density at radius 1 is 1.47 bits per heavy atom. The minimum Gasteiger partial charge on any atom is -0.468 e. The monoisotopic (exact) mass is 213 g/mol. The second-order valence-corrected chi connectivity index (χ2v) is 4.00. The van der Waals surface area contributed by atoms with E-state index in [0.29, 0.717) is 0 Å². The van der Waals surface area contributed by atoms with Crippen LogP contribution in [0.15, 0.2) is 22.8 Å². The summed E-state index contributed by atoms with van der Waals surface area (Å²) in [5.74, 6) is 0.825. The summed E-state index contributed by atoms with van der Waals surface area (Å²) >= 11 is 0. The summed E-state index contributed by atoms with van der Waals surface area (Å²) in [6, 6.07) is 3.73. The summed E-state index contributed by atoms with van der Waals surface area (Å²) in [5, 5.41) is 21.5. The Kier molecular flexibility index (Phi) is 4.32. The van der Waals surface area contributed by atoms with Crippen molar-refractivity contribution >= 4 is 0 Å². The molecule has 0 fully saturated rings. The highest BCUT2D eigenvalue weighted by atomic mass is 16.3. The van der Waals surface area contributed by atoms with Crippen LogP contribution in [0.3, 0.4) is 0 Å². The Balaban J connectivity index is 2.69. The highest BCUT2D eigenvalue weighted by molar-refractivity contribution is 5.05. The van der Waals surface area contributed by atoms with E-state index in [1.165, 1.54) is 0 Å². The number of aliphatic hydroxyl groups is 2. The van der Waals surface area contributed by atoms with Gasteiger partial charge in [0.15, 0.2) is 0 Å². The summed E-state index contributed by atoms with van der Waals surface area (Å²) in [4.78, 5) is 0. The van der Waals surface area contributed by atoms with Crippen LogP contribution < -0.4 is 5.32 Å². The number of furan rings is 1. The first kappa shape index (κ1) is 12.2. The van der Waals surface area contributed by atoms with Crippen LogP contribution in [0.1, 0.15) is 32.1 Å². The molecule has 1 heterocycles. The highest BCUT2D eigenvalue weighted by Crippen LogP contribution is 2.20. The van der Waals surface area contributed by atoms with Gasteiger partial charge in [0.2, 0.25) is 0 Å². The van der Waals surface area contributed by atoms with Gasteiger partial charge < -0.3 is 14.6 Å². The highest BCUT2D eigenvalue weighted by Gasteiger charge is 2.26. The summed E-state index contributed by atoms with van der Waals surface area (Å²) < 4.78 is 5.30. The first-order chi connectivity index (χ1) is 7.15. The minimum atomic E-state index is -0.673. The fraction of sp³-hybridized carbons (Fsp3) is 0.636. The van der Waals surface area contributed by atoms with E-state index >= 15 is 0 Å². The quantitative estimate of drug-likeness (QED) is 0.661. The van der Waals surface area contributed by atoms with Gasteiger partial charge in [-0.1, -0.05) is 6.92 Å². The molecule has 86 valence electrons. The molecular weight excluding hydrogens is 194 g/mol. The molecule has 0 radical (unpaired) electrons. The summed E-state index contributed by atoms with van der Waals surface area (Å²) in [5.41, 5.74) is -0.673. The summed E-state index contributed by atoms with van der Waals surface area (Å²) in [7, 11) is 0. The van der Waals surface area contributed by atoms with Crippen molar-refractivity contribution in [3.63, 3.8) is 0 Å². The molecule has 4 nitrogen and oxygen atoms in total. The van der Waals surface area contributed by atoms with Crippen LogP contribution in [-0.4, -0.2) is 29.0 Å². The predicted octanol–water partition coefficient (Wildman–Crippen LogP) is 1.06. The second kappa shape index (κ2) is 5.30. The van der Waals surface area contributed by atoms with Gasteiger partial charge in [0.25, 0.3) is 0 Å². The van der Waals surface area contributed by atoms with Gasteiger partial charge in [-0.2, -0.15) is 0 Å². The zero-order valence-corrected chi connectivity index (χ0v) is 9.23. The molecule has 0 aliphatic heterocycles. The molecule has 3 N–H and O–H groups in total. The van der Waals surface area contributed by atoms with Gasteiger partial charge in [-0.3, -0.25) is 5.32 Å². The SMILES string of the molecule is CCC(NC(C)(CO)CO)c1ccco1. The predicted molar refractivity (Wildman–Crippen MR) is 57.5 cm³/mol. The minimum absolute atomic E-state index is 0.0179. The van der Waals surface area contributed by atoms with Gasteiger partial charge >= 0.3 is 0 Å². The molecule has 0 aliphatic carbocycles. The van der Waals surface area contributed by atoms with E-state index in [4.69, 9.17) is 4.42 Å². The molecule has 0 saturated carbocycles. The Morgan fingerprint density at radius 2 is 2.13 bits per heavy atom. The number of hydrogen-bond donors (Lipinski definition) is 3. The lowest BCUT2D eigenvalue weighted by molar-refractivity contribution is 0.0903. The van der Waals surface area contributed by atoms with Crippen LogP contribution in [0, 0.1) is 0 Å². The molecule has 1 aromatic rings. The summed E-state index contributed by atoms with van der Waals surface area (Å²) in [6.45, 7) is 3.58. The van der Waals surface area contributed by atoms with Gasteiger partial charge in [0.05, 0.1) is 31.1 Å². The third-order valence-corrected chi connectivity index (χ3v) is 2.52. The Hall–Kier alpha value is -0.840. The van der Waals surface area contributed by atoms with Crippen molar-refractivity contribution in [2.45, 2.75) is 31.8 Å². The van der Waals surface area contributed by atoms with Crippen molar-refractivity contribution in [1.82, 2.24) is 5.32 Å². The second-order valence-electron chi connectivity index (χ2n) is 4.00. The number of rotatable bonds is 6. The molecule has 15 heavy (non-hydrogen) atoms.